The van der Waals surface area contributed by atoms with Gasteiger partial charge in [0.1, 0.15) is 6.29 Å². The normalized spacial score (nSPS) is 17.8. The minimum atomic E-state index is 0.220. The fourth-order valence-electron chi connectivity index (χ4n) is 1.30. The molecule has 2 nitrogen and oxygen atoms in total. The second-order valence-corrected chi connectivity index (χ2v) is 2.83. The Kier molecular flexibility index (Phi) is 3.02. The van der Waals surface area contributed by atoms with E-state index >= 15 is 0 Å². The Hall–Kier alpha value is -0.920. The zero-order chi connectivity index (χ0) is 8.10. The zero-order valence-corrected chi connectivity index (χ0v) is 6.51. The molecule has 0 bridgehead atoms. The van der Waals surface area contributed by atoms with Gasteiger partial charge < -0.3 is 4.79 Å². The first-order valence-corrected chi connectivity index (χ1v) is 3.99. The summed E-state index contributed by atoms with van der Waals surface area (Å²) in [7, 11) is 0. The molecule has 2 heteroatoms. The van der Waals surface area contributed by atoms with Gasteiger partial charge in [0.05, 0.1) is 0 Å². The Morgan fingerprint density at radius 1 is 1.45 bits per heavy atom. The third-order valence-electron chi connectivity index (χ3n) is 1.87. The SMILES string of the molecule is O=CCCC1=CC(=O)CCC1. The van der Waals surface area contributed by atoms with Crippen LogP contribution >= 0.6 is 0 Å². The molecule has 1 rings (SSSR count). The van der Waals surface area contributed by atoms with Crippen molar-refractivity contribution in [1.29, 1.82) is 0 Å². The Morgan fingerprint density at radius 2 is 2.27 bits per heavy atom. The highest BCUT2D eigenvalue weighted by atomic mass is 16.1. The Morgan fingerprint density at radius 3 is 2.91 bits per heavy atom. The van der Waals surface area contributed by atoms with Crippen molar-refractivity contribution in [2.75, 3.05) is 0 Å². The van der Waals surface area contributed by atoms with Gasteiger partial charge in [-0.15, -0.1) is 0 Å². The van der Waals surface area contributed by atoms with Crippen molar-refractivity contribution in [2.24, 2.45) is 0 Å². The average molecular weight is 152 g/mol. The minimum absolute atomic E-state index is 0.220. The van der Waals surface area contributed by atoms with Crippen LogP contribution in [-0.4, -0.2) is 12.1 Å². The molecule has 0 aliphatic heterocycles. The first-order chi connectivity index (χ1) is 5.33. The molecule has 1 aliphatic rings. The van der Waals surface area contributed by atoms with Crippen LogP contribution in [0, 0.1) is 0 Å². The molecule has 0 N–H and O–H groups in total. The van der Waals surface area contributed by atoms with E-state index in [-0.39, 0.29) is 5.78 Å². The fourth-order valence-corrected chi connectivity index (χ4v) is 1.30. The van der Waals surface area contributed by atoms with Crippen molar-refractivity contribution >= 4 is 12.1 Å². The topological polar surface area (TPSA) is 34.1 Å². The van der Waals surface area contributed by atoms with E-state index in [1.165, 1.54) is 0 Å². The largest absolute Gasteiger partial charge is 0.303 e. The summed E-state index contributed by atoms with van der Waals surface area (Å²) in [6.45, 7) is 0. The Balaban J connectivity index is 2.42. The van der Waals surface area contributed by atoms with Crippen LogP contribution in [-0.2, 0) is 9.59 Å². The van der Waals surface area contributed by atoms with Crippen molar-refractivity contribution in [2.45, 2.75) is 32.1 Å². The van der Waals surface area contributed by atoms with Crippen molar-refractivity contribution in [3.63, 3.8) is 0 Å². The molecule has 0 aromatic heterocycles. The van der Waals surface area contributed by atoms with Crippen molar-refractivity contribution in [3.05, 3.63) is 11.6 Å². The molecule has 0 atom stereocenters. The molecular formula is C9H12O2. The number of allylic oxidation sites excluding steroid dienone is 2. The molecule has 60 valence electrons. The van der Waals surface area contributed by atoms with Crippen LogP contribution < -0.4 is 0 Å². The predicted molar refractivity (Wildman–Crippen MR) is 42.2 cm³/mol. The number of rotatable bonds is 3. The number of carbonyl (C=O) groups is 2. The van der Waals surface area contributed by atoms with Gasteiger partial charge in [-0.25, -0.2) is 0 Å². The molecule has 11 heavy (non-hydrogen) atoms. The highest BCUT2D eigenvalue weighted by molar-refractivity contribution is 5.91. The molecular weight excluding hydrogens is 140 g/mol. The monoisotopic (exact) mass is 152 g/mol. The highest BCUT2D eigenvalue weighted by Gasteiger charge is 2.08. The summed E-state index contributed by atoms with van der Waals surface area (Å²) in [5.41, 5.74) is 1.15. The summed E-state index contributed by atoms with van der Waals surface area (Å²) in [6.07, 6.45) is 6.58. The van der Waals surface area contributed by atoms with Crippen LogP contribution in [0.4, 0.5) is 0 Å². The first kappa shape index (κ1) is 8.18. The molecule has 0 fully saturated rings. The van der Waals surface area contributed by atoms with E-state index in [1.54, 1.807) is 6.08 Å². The van der Waals surface area contributed by atoms with Crippen LogP contribution in [0.3, 0.4) is 0 Å². The van der Waals surface area contributed by atoms with Gasteiger partial charge in [-0.05, 0) is 25.3 Å². The van der Waals surface area contributed by atoms with Gasteiger partial charge >= 0.3 is 0 Å². The van der Waals surface area contributed by atoms with Gasteiger partial charge in [-0.3, -0.25) is 4.79 Å². The summed E-state index contributed by atoms with van der Waals surface area (Å²) < 4.78 is 0. The first-order valence-electron chi connectivity index (χ1n) is 3.99. The molecule has 0 aromatic rings. The lowest BCUT2D eigenvalue weighted by molar-refractivity contribution is -0.115. The van der Waals surface area contributed by atoms with E-state index in [9.17, 15) is 9.59 Å². The molecule has 0 saturated heterocycles. The summed E-state index contributed by atoms with van der Waals surface area (Å²) in [6, 6.07) is 0. The summed E-state index contributed by atoms with van der Waals surface area (Å²) >= 11 is 0. The minimum Gasteiger partial charge on any atom is -0.303 e. The predicted octanol–water partition coefficient (Wildman–Crippen LogP) is 1.64. The second kappa shape index (κ2) is 4.06. The number of hydrogen-bond donors (Lipinski definition) is 0. The standard InChI is InChI=1S/C9H12O2/c10-6-2-4-8-3-1-5-9(11)7-8/h6-7H,1-5H2. The molecule has 0 amide bonds. The average Bonchev–Trinajstić information content (AvgIpc) is 2.01. The number of ketones is 1. The molecule has 1 aliphatic carbocycles. The summed E-state index contributed by atoms with van der Waals surface area (Å²) in [5.74, 6) is 0.220. The molecule has 0 spiro atoms. The maximum absolute atomic E-state index is 10.9. The maximum atomic E-state index is 10.9. The van der Waals surface area contributed by atoms with Crippen molar-refractivity contribution in [3.8, 4) is 0 Å². The van der Waals surface area contributed by atoms with E-state index in [1.807, 2.05) is 0 Å². The van der Waals surface area contributed by atoms with Crippen LogP contribution in [0.5, 0.6) is 0 Å². The van der Waals surface area contributed by atoms with Crippen molar-refractivity contribution < 1.29 is 9.59 Å². The quantitative estimate of drug-likeness (QED) is 0.576. The zero-order valence-electron chi connectivity index (χ0n) is 6.51. The van der Waals surface area contributed by atoms with Crippen LogP contribution in [0.1, 0.15) is 32.1 Å². The Bertz CT molecular complexity index is 192. The lowest BCUT2D eigenvalue weighted by Gasteiger charge is -2.09. The third-order valence-corrected chi connectivity index (χ3v) is 1.87. The van der Waals surface area contributed by atoms with Crippen LogP contribution in [0.25, 0.3) is 0 Å². The van der Waals surface area contributed by atoms with Gasteiger partial charge in [0, 0.05) is 12.8 Å². The van der Waals surface area contributed by atoms with Crippen molar-refractivity contribution in [1.82, 2.24) is 0 Å². The summed E-state index contributed by atoms with van der Waals surface area (Å²) in [4.78, 5) is 20.9. The smallest absolute Gasteiger partial charge is 0.155 e. The number of aldehydes is 1. The molecule has 0 radical (unpaired) electrons. The van der Waals surface area contributed by atoms with Crippen LogP contribution in [0.2, 0.25) is 0 Å². The lowest BCUT2D eigenvalue weighted by Crippen LogP contribution is -2.02. The van der Waals surface area contributed by atoms with Gasteiger partial charge in [0.15, 0.2) is 5.78 Å². The molecule has 0 heterocycles. The van der Waals surface area contributed by atoms with E-state index < -0.39 is 0 Å². The summed E-state index contributed by atoms with van der Waals surface area (Å²) in [5, 5.41) is 0. The van der Waals surface area contributed by atoms with E-state index in [4.69, 9.17) is 0 Å². The van der Waals surface area contributed by atoms with Gasteiger partial charge in [0.2, 0.25) is 0 Å². The second-order valence-electron chi connectivity index (χ2n) is 2.83. The lowest BCUT2D eigenvalue weighted by atomic mass is 9.96. The van der Waals surface area contributed by atoms with Gasteiger partial charge in [-0.1, -0.05) is 5.57 Å². The highest BCUT2D eigenvalue weighted by Crippen LogP contribution is 2.18. The van der Waals surface area contributed by atoms with E-state index in [2.05, 4.69) is 0 Å². The van der Waals surface area contributed by atoms with E-state index in [0.717, 1.165) is 31.1 Å². The third kappa shape index (κ3) is 2.66. The van der Waals surface area contributed by atoms with E-state index in [0.29, 0.717) is 12.8 Å². The molecule has 0 unspecified atom stereocenters. The number of carbonyl (C=O) groups excluding carboxylic acids is 2. The molecule has 0 aromatic carbocycles. The number of hydrogen-bond acceptors (Lipinski definition) is 2. The van der Waals surface area contributed by atoms with Gasteiger partial charge in [0.25, 0.3) is 0 Å². The van der Waals surface area contributed by atoms with Gasteiger partial charge in [-0.2, -0.15) is 0 Å². The maximum Gasteiger partial charge on any atom is 0.155 e. The Labute approximate surface area is 66.3 Å². The molecule has 0 saturated carbocycles. The van der Waals surface area contributed by atoms with Crippen LogP contribution in [0.15, 0.2) is 11.6 Å². The fraction of sp³-hybridized carbons (Fsp3) is 0.556.